The SMILES string of the molecule is CN(C)CCN1CC[C@H](C(C)(C)C)CC1=O. The largest absolute Gasteiger partial charge is 0.341 e. The number of carbonyl (C=O) groups excluding carboxylic acids is 1. The van der Waals surface area contributed by atoms with Crippen LogP contribution in [0.15, 0.2) is 0 Å². The van der Waals surface area contributed by atoms with Gasteiger partial charge in [-0.1, -0.05) is 20.8 Å². The van der Waals surface area contributed by atoms with Crippen molar-refractivity contribution in [3.05, 3.63) is 0 Å². The molecule has 0 radical (unpaired) electrons. The summed E-state index contributed by atoms with van der Waals surface area (Å²) in [6.45, 7) is 9.49. The molecule has 3 heteroatoms. The summed E-state index contributed by atoms with van der Waals surface area (Å²) < 4.78 is 0. The number of hydrogen-bond acceptors (Lipinski definition) is 2. The highest BCUT2D eigenvalue weighted by Gasteiger charge is 2.32. The number of rotatable bonds is 3. The molecule has 0 aromatic rings. The zero-order valence-corrected chi connectivity index (χ0v) is 11.4. The summed E-state index contributed by atoms with van der Waals surface area (Å²) in [5, 5.41) is 0. The molecular formula is C13H26N2O. The van der Waals surface area contributed by atoms with Gasteiger partial charge >= 0.3 is 0 Å². The maximum atomic E-state index is 12.0. The molecule has 1 aliphatic rings. The Morgan fingerprint density at radius 1 is 1.38 bits per heavy atom. The average molecular weight is 226 g/mol. The minimum Gasteiger partial charge on any atom is -0.341 e. The molecule has 0 aliphatic carbocycles. The van der Waals surface area contributed by atoms with Gasteiger partial charge in [0.1, 0.15) is 0 Å². The van der Waals surface area contributed by atoms with Crippen LogP contribution in [0.4, 0.5) is 0 Å². The van der Waals surface area contributed by atoms with Crippen LogP contribution in [0.25, 0.3) is 0 Å². The zero-order valence-electron chi connectivity index (χ0n) is 11.4. The Morgan fingerprint density at radius 2 is 2.00 bits per heavy atom. The molecule has 0 unspecified atom stereocenters. The van der Waals surface area contributed by atoms with E-state index in [2.05, 4.69) is 25.7 Å². The predicted molar refractivity (Wildman–Crippen MR) is 67.3 cm³/mol. The summed E-state index contributed by atoms with van der Waals surface area (Å²) in [7, 11) is 4.10. The summed E-state index contributed by atoms with van der Waals surface area (Å²) in [5.74, 6) is 0.892. The van der Waals surface area contributed by atoms with Crippen LogP contribution in [0.1, 0.15) is 33.6 Å². The third-order valence-electron chi connectivity index (χ3n) is 3.56. The number of likely N-dealkylation sites (tertiary alicyclic amines) is 1. The number of amides is 1. The van der Waals surface area contributed by atoms with Crippen molar-refractivity contribution in [3.63, 3.8) is 0 Å². The van der Waals surface area contributed by atoms with Crippen LogP contribution >= 0.6 is 0 Å². The second-order valence-electron chi connectivity index (χ2n) is 6.24. The molecule has 0 aromatic carbocycles. The van der Waals surface area contributed by atoms with Gasteiger partial charge in [0.25, 0.3) is 0 Å². The van der Waals surface area contributed by atoms with Crippen LogP contribution in [-0.2, 0) is 4.79 Å². The number of piperidine rings is 1. The average Bonchev–Trinajstić information content (AvgIpc) is 2.14. The fourth-order valence-electron chi connectivity index (χ4n) is 2.17. The number of carbonyl (C=O) groups is 1. The minimum atomic E-state index is 0.267. The van der Waals surface area contributed by atoms with E-state index in [1.165, 1.54) is 0 Å². The molecule has 3 nitrogen and oxygen atoms in total. The van der Waals surface area contributed by atoms with Gasteiger partial charge in [0.15, 0.2) is 0 Å². The van der Waals surface area contributed by atoms with Gasteiger partial charge in [0, 0.05) is 26.1 Å². The van der Waals surface area contributed by atoms with Crippen molar-refractivity contribution in [2.24, 2.45) is 11.3 Å². The number of likely N-dealkylation sites (N-methyl/N-ethyl adjacent to an activating group) is 1. The van der Waals surface area contributed by atoms with Gasteiger partial charge in [-0.25, -0.2) is 0 Å². The molecule has 0 spiro atoms. The van der Waals surface area contributed by atoms with E-state index >= 15 is 0 Å². The summed E-state index contributed by atoms with van der Waals surface area (Å²) in [5.41, 5.74) is 0.267. The molecule has 0 bridgehead atoms. The lowest BCUT2D eigenvalue weighted by atomic mass is 9.75. The van der Waals surface area contributed by atoms with Gasteiger partial charge in [-0.05, 0) is 31.8 Å². The molecule has 1 rings (SSSR count). The molecule has 1 saturated heterocycles. The van der Waals surface area contributed by atoms with Gasteiger partial charge in [-0.2, -0.15) is 0 Å². The van der Waals surface area contributed by atoms with E-state index < -0.39 is 0 Å². The topological polar surface area (TPSA) is 23.6 Å². The van der Waals surface area contributed by atoms with E-state index in [0.717, 1.165) is 32.5 Å². The molecule has 0 N–H and O–H groups in total. The van der Waals surface area contributed by atoms with Gasteiger partial charge < -0.3 is 9.80 Å². The summed E-state index contributed by atoms with van der Waals surface area (Å²) in [4.78, 5) is 16.1. The lowest BCUT2D eigenvalue weighted by Crippen LogP contribution is -2.44. The molecule has 0 aromatic heterocycles. The first-order chi connectivity index (χ1) is 7.30. The molecule has 16 heavy (non-hydrogen) atoms. The Balaban J connectivity index is 2.44. The second kappa shape index (κ2) is 5.17. The van der Waals surface area contributed by atoms with E-state index in [1.54, 1.807) is 0 Å². The quantitative estimate of drug-likeness (QED) is 0.733. The van der Waals surface area contributed by atoms with E-state index in [1.807, 2.05) is 19.0 Å². The smallest absolute Gasteiger partial charge is 0.222 e. The molecule has 1 heterocycles. The van der Waals surface area contributed by atoms with Crippen LogP contribution in [0.5, 0.6) is 0 Å². The van der Waals surface area contributed by atoms with Crippen molar-refractivity contribution < 1.29 is 4.79 Å². The summed E-state index contributed by atoms with van der Waals surface area (Å²) >= 11 is 0. The molecule has 1 aliphatic heterocycles. The fourth-order valence-corrected chi connectivity index (χ4v) is 2.17. The zero-order chi connectivity index (χ0) is 12.3. The van der Waals surface area contributed by atoms with Gasteiger partial charge in [0.2, 0.25) is 5.91 Å². The first-order valence-electron chi connectivity index (χ1n) is 6.23. The fraction of sp³-hybridized carbons (Fsp3) is 0.923. The Labute approximate surface area is 99.8 Å². The standard InChI is InChI=1S/C13H26N2O/c1-13(2,3)11-6-7-15(12(16)10-11)9-8-14(4)5/h11H,6-10H2,1-5H3/t11-/m0/s1. The first kappa shape index (κ1) is 13.5. The van der Waals surface area contributed by atoms with Crippen LogP contribution < -0.4 is 0 Å². The van der Waals surface area contributed by atoms with Crippen molar-refractivity contribution in [2.75, 3.05) is 33.7 Å². The minimum absolute atomic E-state index is 0.267. The lowest BCUT2D eigenvalue weighted by molar-refractivity contribution is -0.136. The monoisotopic (exact) mass is 226 g/mol. The van der Waals surface area contributed by atoms with Crippen molar-refractivity contribution in [2.45, 2.75) is 33.6 Å². The van der Waals surface area contributed by atoms with Crippen molar-refractivity contribution in [3.8, 4) is 0 Å². The molecule has 1 atom stereocenters. The third-order valence-corrected chi connectivity index (χ3v) is 3.56. The maximum absolute atomic E-state index is 12.0. The molecule has 0 saturated carbocycles. The van der Waals surface area contributed by atoms with E-state index in [0.29, 0.717) is 11.8 Å². The molecular weight excluding hydrogens is 200 g/mol. The van der Waals surface area contributed by atoms with Gasteiger partial charge in [-0.3, -0.25) is 4.79 Å². The van der Waals surface area contributed by atoms with Crippen LogP contribution in [0, 0.1) is 11.3 Å². The molecule has 94 valence electrons. The van der Waals surface area contributed by atoms with Crippen molar-refractivity contribution >= 4 is 5.91 Å². The van der Waals surface area contributed by atoms with Crippen LogP contribution in [0.2, 0.25) is 0 Å². The van der Waals surface area contributed by atoms with Gasteiger partial charge in [0.05, 0.1) is 0 Å². The van der Waals surface area contributed by atoms with E-state index in [-0.39, 0.29) is 5.41 Å². The molecule has 1 amide bonds. The van der Waals surface area contributed by atoms with Crippen LogP contribution in [0.3, 0.4) is 0 Å². The predicted octanol–water partition coefficient (Wildman–Crippen LogP) is 1.83. The normalized spacial score (nSPS) is 23.0. The number of hydrogen-bond donors (Lipinski definition) is 0. The second-order valence-corrected chi connectivity index (χ2v) is 6.24. The Morgan fingerprint density at radius 3 is 2.44 bits per heavy atom. The maximum Gasteiger partial charge on any atom is 0.222 e. The van der Waals surface area contributed by atoms with Crippen molar-refractivity contribution in [1.29, 1.82) is 0 Å². The highest BCUT2D eigenvalue weighted by atomic mass is 16.2. The third kappa shape index (κ3) is 3.78. The van der Waals surface area contributed by atoms with Crippen LogP contribution in [-0.4, -0.2) is 49.4 Å². The van der Waals surface area contributed by atoms with E-state index in [4.69, 9.17) is 0 Å². The highest BCUT2D eigenvalue weighted by Crippen LogP contribution is 2.34. The Kier molecular flexibility index (Phi) is 4.36. The first-order valence-corrected chi connectivity index (χ1v) is 6.23. The lowest BCUT2D eigenvalue weighted by Gasteiger charge is -2.38. The van der Waals surface area contributed by atoms with E-state index in [9.17, 15) is 4.79 Å². The van der Waals surface area contributed by atoms with Gasteiger partial charge in [-0.15, -0.1) is 0 Å². The molecule has 1 fully saturated rings. The van der Waals surface area contributed by atoms with Crippen molar-refractivity contribution in [1.82, 2.24) is 9.80 Å². The number of nitrogens with zero attached hydrogens (tertiary/aromatic N) is 2. The Hall–Kier alpha value is -0.570. The Bertz CT molecular complexity index is 243. The summed E-state index contributed by atoms with van der Waals surface area (Å²) in [6, 6.07) is 0. The highest BCUT2D eigenvalue weighted by molar-refractivity contribution is 5.77. The summed E-state index contributed by atoms with van der Waals surface area (Å²) in [6.07, 6.45) is 1.89.